The first-order valence-electron chi connectivity index (χ1n) is 8.23. The van der Waals surface area contributed by atoms with Gasteiger partial charge < -0.3 is 5.32 Å². The topological polar surface area (TPSA) is 64.0 Å². The zero-order valence-corrected chi connectivity index (χ0v) is 14.1. The van der Waals surface area contributed by atoms with E-state index in [1.165, 1.54) is 17.4 Å². The fourth-order valence-corrected chi connectivity index (χ4v) is 3.26. The van der Waals surface area contributed by atoms with Crippen LogP contribution in [0.25, 0.3) is 0 Å². The van der Waals surface area contributed by atoms with Crippen LogP contribution in [0.2, 0.25) is 5.02 Å². The van der Waals surface area contributed by atoms with E-state index >= 15 is 0 Å². The standard InChI is InChI=1S/C18H20ClN3O2/c19-15-7-3-6-14(10-15)18(24)20-8-9-22-12-21-16(11-17(22)23)13-4-1-2-5-13/h3,6-7,10-13H,1-2,4-5,8-9H2,(H,20,24). The first kappa shape index (κ1) is 16.7. The Morgan fingerprint density at radius 1 is 1.29 bits per heavy atom. The van der Waals surface area contributed by atoms with E-state index in [0.717, 1.165) is 18.5 Å². The first-order valence-corrected chi connectivity index (χ1v) is 8.61. The number of benzene rings is 1. The van der Waals surface area contributed by atoms with Crippen molar-refractivity contribution in [3.8, 4) is 0 Å². The maximum Gasteiger partial charge on any atom is 0.253 e. The van der Waals surface area contributed by atoms with Gasteiger partial charge in [0.1, 0.15) is 0 Å². The second kappa shape index (κ2) is 7.62. The molecule has 1 aliphatic rings. The number of nitrogens with zero attached hydrogens (tertiary/aromatic N) is 2. The van der Waals surface area contributed by atoms with Crippen molar-refractivity contribution in [2.75, 3.05) is 6.54 Å². The largest absolute Gasteiger partial charge is 0.350 e. The number of hydrogen-bond acceptors (Lipinski definition) is 3. The Balaban J connectivity index is 1.56. The zero-order chi connectivity index (χ0) is 16.9. The Morgan fingerprint density at radius 3 is 2.79 bits per heavy atom. The molecule has 2 aromatic rings. The molecule has 3 rings (SSSR count). The third-order valence-corrected chi connectivity index (χ3v) is 4.63. The highest BCUT2D eigenvalue weighted by atomic mass is 35.5. The minimum absolute atomic E-state index is 0.0658. The second-order valence-electron chi connectivity index (χ2n) is 6.09. The number of rotatable bonds is 5. The van der Waals surface area contributed by atoms with Crippen molar-refractivity contribution in [2.24, 2.45) is 0 Å². The molecule has 1 heterocycles. The van der Waals surface area contributed by atoms with Crippen molar-refractivity contribution in [1.29, 1.82) is 0 Å². The molecular formula is C18H20ClN3O2. The van der Waals surface area contributed by atoms with Gasteiger partial charge in [-0.2, -0.15) is 0 Å². The van der Waals surface area contributed by atoms with Crippen molar-refractivity contribution >= 4 is 17.5 Å². The quantitative estimate of drug-likeness (QED) is 0.906. The monoisotopic (exact) mass is 345 g/mol. The molecule has 1 aromatic heterocycles. The minimum Gasteiger partial charge on any atom is -0.350 e. The maximum atomic E-state index is 12.2. The van der Waals surface area contributed by atoms with Crippen LogP contribution < -0.4 is 10.9 Å². The van der Waals surface area contributed by atoms with Crippen molar-refractivity contribution < 1.29 is 4.79 Å². The third kappa shape index (κ3) is 4.03. The van der Waals surface area contributed by atoms with Gasteiger partial charge in [-0.25, -0.2) is 4.98 Å². The van der Waals surface area contributed by atoms with Gasteiger partial charge in [0.05, 0.1) is 12.0 Å². The van der Waals surface area contributed by atoms with Gasteiger partial charge in [0.25, 0.3) is 11.5 Å². The SMILES string of the molecule is O=C(NCCn1cnc(C2CCCC2)cc1=O)c1cccc(Cl)c1. The number of halogens is 1. The number of hydrogen-bond donors (Lipinski definition) is 1. The van der Waals surface area contributed by atoms with E-state index in [2.05, 4.69) is 10.3 Å². The summed E-state index contributed by atoms with van der Waals surface area (Å²) < 4.78 is 1.52. The van der Waals surface area contributed by atoms with E-state index in [-0.39, 0.29) is 11.5 Å². The Morgan fingerprint density at radius 2 is 2.08 bits per heavy atom. The number of carbonyl (C=O) groups is 1. The van der Waals surface area contributed by atoms with Gasteiger partial charge in [0.2, 0.25) is 0 Å². The molecule has 1 fully saturated rings. The van der Waals surface area contributed by atoms with Crippen LogP contribution in [0.5, 0.6) is 0 Å². The predicted octanol–water partition coefficient (Wildman–Crippen LogP) is 2.98. The molecule has 1 aliphatic carbocycles. The molecule has 1 amide bonds. The minimum atomic E-state index is -0.207. The van der Waals surface area contributed by atoms with Crippen LogP contribution in [-0.2, 0) is 6.54 Å². The van der Waals surface area contributed by atoms with Crippen LogP contribution >= 0.6 is 11.6 Å². The van der Waals surface area contributed by atoms with E-state index in [0.29, 0.717) is 29.6 Å². The van der Waals surface area contributed by atoms with Gasteiger partial charge in [-0.05, 0) is 31.0 Å². The highest BCUT2D eigenvalue weighted by Crippen LogP contribution is 2.32. The molecule has 0 bridgehead atoms. The van der Waals surface area contributed by atoms with E-state index < -0.39 is 0 Å². The van der Waals surface area contributed by atoms with Crippen LogP contribution in [-0.4, -0.2) is 22.0 Å². The van der Waals surface area contributed by atoms with E-state index in [1.54, 1.807) is 36.7 Å². The average Bonchev–Trinajstić information content (AvgIpc) is 3.10. The highest BCUT2D eigenvalue weighted by molar-refractivity contribution is 6.30. The van der Waals surface area contributed by atoms with Crippen LogP contribution in [0.3, 0.4) is 0 Å². The molecule has 24 heavy (non-hydrogen) atoms. The summed E-state index contributed by atoms with van der Waals surface area (Å²) in [4.78, 5) is 28.6. The molecule has 0 aliphatic heterocycles. The van der Waals surface area contributed by atoms with Crippen molar-refractivity contribution in [3.63, 3.8) is 0 Å². The van der Waals surface area contributed by atoms with Gasteiger partial charge in [0, 0.05) is 35.7 Å². The molecule has 0 atom stereocenters. The van der Waals surface area contributed by atoms with Gasteiger partial charge in [0.15, 0.2) is 0 Å². The number of aromatic nitrogens is 2. The molecular weight excluding hydrogens is 326 g/mol. The fraction of sp³-hybridized carbons (Fsp3) is 0.389. The Kier molecular flexibility index (Phi) is 5.30. The number of amides is 1. The fourth-order valence-electron chi connectivity index (χ4n) is 3.07. The molecule has 1 N–H and O–H groups in total. The molecule has 5 nitrogen and oxygen atoms in total. The van der Waals surface area contributed by atoms with Crippen molar-refractivity contribution in [2.45, 2.75) is 38.1 Å². The Labute approximate surface area is 145 Å². The lowest BCUT2D eigenvalue weighted by Gasteiger charge is -2.11. The summed E-state index contributed by atoms with van der Waals surface area (Å²) in [6, 6.07) is 8.39. The molecule has 6 heteroatoms. The normalized spacial score (nSPS) is 14.7. The van der Waals surface area contributed by atoms with Crippen molar-refractivity contribution in [3.05, 3.63) is 63.3 Å². The summed E-state index contributed by atoms with van der Waals surface area (Å²) >= 11 is 5.87. The molecule has 1 saturated carbocycles. The summed E-state index contributed by atoms with van der Waals surface area (Å²) in [5.74, 6) is 0.218. The van der Waals surface area contributed by atoms with E-state index in [1.807, 2.05) is 0 Å². The van der Waals surface area contributed by atoms with Gasteiger partial charge in [-0.1, -0.05) is 30.5 Å². The van der Waals surface area contributed by atoms with Crippen LogP contribution in [0.1, 0.15) is 47.7 Å². The summed E-state index contributed by atoms with van der Waals surface area (Å²) in [6.07, 6.45) is 6.25. The highest BCUT2D eigenvalue weighted by Gasteiger charge is 2.18. The molecule has 0 unspecified atom stereocenters. The van der Waals surface area contributed by atoms with E-state index in [9.17, 15) is 9.59 Å². The Hall–Kier alpha value is -2.14. The smallest absolute Gasteiger partial charge is 0.253 e. The van der Waals surface area contributed by atoms with Crippen LogP contribution in [0.15, 0.2) is 41.5 Å². The van der Waals surface area contributed by atoms with Crippen LogP contribution in [0.4, 0.5) is 0 Å². The first-order chi connectivity index (χ1) is 11.6. The molecule has 0 radical (unpaired) electrons. The zero-order valence-electron chi connectivity index (χ0n) is 13.4. The lowest BCUT2D eigenvalue weighted by Crippen LogP contribution is -2.31. The maximum absolute atomic E-state index is 12.2. The van der Waals surface area contributed by atoms with Crippen molar-refractivity contribution in [1.82, 2.24) is 14.9 Å². The van der Waals surface area contributed by atoms with E-state index in [4.69, 9.17) is 11.6 Å². The number of carbonyl (C=O) groups excluding carboxylic acids is 1. The van der Waals surface area contributed by atoms with Gasteiger partial charge in [-0.15, -0.1) is 0 Å². The lowest BCUT2D eigenvalue weighted by atomic mass is 10.0. The van der Waals surface area contributed by atoms with Gasteiger partial charge in [-0.3, -0.25) is 14.2 Å². The molecule has 126 valence electrons. The number of nitrogens with one attached hydrogen (secondary N) is 1. The summed E-state index contributed by atoms with van der Waals surface area (Å²) in [5.41, 5.74) is 1.34. The second-order valence-corrected chi connectivity index (χ2v) is 6.53. The lowest BCUT2D eigenvalue weighted by molar-refractivity contribution is 0.0952. The van der Waals surface area contributed by atoms with Crippen LogP contribution in [0, 0.1) is 0 Å². The van der Waals surface area contributed by atoms with Gasteiger partial charge >= 0.3 is 0 Å². The predicted molar refractivity (Wildman–Crippen MR) is 93.5 cm³/mol. The summed E-state index contributed by atoms with van der Waals surface area (Å²) in [5, 5.41) is 3.31. The molecule has 0 spiro atoms. The molecule has 1 aromatic carbocycles. The average molecular weight is 346 g/mol. The summed E-state index contributed by atoms with van der Waals surface area (Å²) in [6.45, 7) is 0.749. The molecule has 0 saturated heterocycles. The Bertz CT molecular complexity index is 782. The summed E-state index contributed by atoms with van der Waals surface area (Å²) in [7, 11) is 0. The third-order valence-electron chi connectivity index (χ3n) is 4.40.